The summed E-state index contributed by atoms with van der Waals surface area (Å²) in [6.45, 7) is 17.8. The predicted octanol–water partition coefficient (Wildman–Crippen LogP) is 9.99. The molecule has 5 aliphatic carbocycles. The zero-order valence-corrected chi connectivity index (χ0v) is 36.1. The second kappa shape index (κ2) is 14.3. The Hall–Kier alpha value is -2.65. The maximum absolute atomic E-state index is 14.7. The molecule has 8 rings (SSSR count). The summed E-state index contributed by atoms with van der Waals surface area (Å²) >= 11 is 2.96. The number of aliphatic hydroxyl groups is 1. The van der Waals surface area contributed by atoms with Crippen LogP contribution < -0.4 is 10.6 Å². The lowest BCUT2D eigenvalue weighted by Gasteiger charge is -2.72. The Morgan fingerprint density at radius 2 is 1.65 bits per heavy atom. The van der Waals surface area contributed by atoms with E-state index in [9.17, 15) is 14.7 Å². The van der Waals surface area contributed by atoms with E-state index in [1.807, 2.05) is 36.5 Å². The van der Waals surface area contributed by atoms with Gasteiger partial charge in [-0.2, -0.15) is 0 Å². The van der Waals surface area contributed by atoms with Gasteiger partial charge < -0.3 is 20.7 Å². The minimum absolute atomic E-state index is 0.0490. The SMILES string of the molecule is C=C(C)C1CCC2(C(=O)NCCc3cccc(C(=O)NCCc4c[nH]c5ccccc45)c3)CCC3(I)C(CCC4C5(C)CCC(O)C(C)(C)C5CCC43C)C12. The monoisotopic (exact) mass is 857 g/mol. The Morgan fingerprint density at radius 1 is 0.873 bits per heavy atom. The van der Waals surface area contributed by atoms with Gasteiger partial charge in [-0.3, -0.25) is 9.59 Å². The summed E-state index contributed by atoms with van der Waals surface area (Å²) in [6.07, 6.45) is 14.2. The summed E-state index contributed by atoms with van der Waals surface area (Å²) in [7, 11) is 0. The van der Waals surface area contributed by atoms with Crippen molar-refractivity contribution in [1.82, 2.24) is 15.6 Å². The van der Waals surface area contributed by atoms with E-state index >= 15 is 0 Å². The van der Waals surface area contributed by atoms with Gasteiger partial charge in [0.05, 0.1) is 11.5 Å². The number of allylic oxidation sites excluding steroid dienone is 1. The van der Waals surface area contributed by atoms with Gasteiger partial charge in [0.25, 0.3) is 5.91 Å². The molecule has 10 atom stereocenters. The molecule has 3 aromatic rings. The van der Waals surface area contributed by atoms with Crippen LogP contribution in [0, 0.1) is 51.2 Å². The van der Waals surface area contributed by atoms with E-state index in [0.29, 0.717) is 54.7 Å². The number of alkyl halides is 1. The summed E-state index contributed by atoms with van der Waals surface area (Å²) in [4.78, 5) is 31.2. The number of aromatic amines is 1. The van der Waals surface area contributed by atoms with Crippen LogP contribution in [0.5, 0.6) is 0 Å². The highest BCUT2D eigenvalue weighted by Gasteiger charge is 2.72. The van der Waals surface area contributed by atoms with Gasteiger partial charge in [0.1, 0.15) is 0 Å². The van der Waals surface area contributed by atoms with Crippen molar-refractivity contribution < 1.29 is 14.7 Å². The molecule has 2 aromatic carbocycles. The first-order chi connectivity index (χ1) is 26.2. The van der Waals surface area contributed by atoms with E-state index < -0.39 is 0 Å². The Bertz CT molecular complexity index is 1970. The van der Waals surface area contributed by atoms with Gasteiger partial charge in [-0.05, 0) is 159 Å². The number of benzene rings is 2. The first kappa shape index (κ1) is 39.2. The fraction of sp³-hybridized carbons (Fsp3) is 0.625. The van der Waals surface area contributed by atoms with Crippen molar-refractivity contribution in [2.75, 3.05) is 13.1 Å². The lowest BCUT2D eigenvalue weighted by Crippen LogP contribution is -2.69. The van der Waals surface area contributed by atoms with Gasteiger partial charge in [0.2, 0.25) is 5.91 Å². The maximum Gasteiger partial charge on any atom is 0.251 e. The fourth-order valence-electron chi connectivity index (χ4n) is 14.2. The molecule has 2 amide bonds. The molecule has 5 aliphatic rings. The summed E-state index contributed by atoms with van der Waals surface area (Å²) < 4.78 is 0.144. The highest BCUT2D eigenvalue weighted by molar-refractivity contribution is 14.1. The quantitative estimate of drug-likeness (QED) is 0.0981. The topological polar surface area (TPSA) is 94.2 Å². The summed E-state index contributed by atoms with van der Waals surface area (Å²) in [5.74, 6) is 2.56. The van der Waals surface area contributed by atoms with Gasteiger partial charge in [-0.1, -0.05) is 92.8 Å². The molecule has 6 nitrogen and oxygen atoms in total. The number of hydrogen-bond acceptors (Lipinski definition) is 3. The average Bonchev–Trinajstić information content (AvgIpc) is 3.76. The van der Waals surface area contributed by atoms with Crippen LogP contribution in [-0.4, -0.2) is 44.5 Å². The van der Waals surface area contributed by atoms with Crippen molar-refractivity contribution in [3.8, 4) is 0 Å². The number of aliphatic hydroxyl groups excluding tert-OH is 1. The molecule has 0 saturated heterocycles. The second-order valence-corrected chi connectivity index (χ2v) is 21.7. The lowest BCUT2D eigenvalue weighted by atomic mass is 9.36. The van der Waals surface area contributed by atoms with Crippen molar-refractivity contribution in [3.05, 3.63) is 83.6 Å². The average molecular weight is 858 g/mol. The first-order valence-electron chi connectivity index (χ1n) is 21.4. The van der Waals surface area contributed by atoms with E-state index in [1.54, 1.807) is 0 Å². The third-order valence-corrected chi connectivity index (χ3v) is 19.6. The number of carbonyl (C=O) groups is 2. The Morgan fingerprint density at radius 3 is 2.45 bits per heavy atom. The first-order valence-corrected chi connectivity index (χ1v) is 22.5. The second-order valence-electron chi connectivity index (χ2n) is 19.7. The highest BCUT2D eigenvalue weighted by Crippen LogP contribution is 2.77. The fourth-order valence-corrected chi connectivity index (χ4v) is 15.8. The molecule has 0 radical (unpaired) electrons. The van der Waals surface area contributed by atoms with Crippen LogP contribution in [-0.2, 0) is 17.6 Å². The van der Waals surface area contributed by atoms with Crippen LogP contribution in [0.1, 0.15) is 120 Å². The molecule has 7 heteroatoms. The molecule has 55 heavy (non-hydrogen) atoms. The van der Waals surface area contributed by atoms with Crippen molar-refractivity contribution in [2.45, 2.75) is 121 Å². The van der Waals surface area contributed by atoms with E-state index in [4.69, 9.17) is 0 Å². The molecule has 5 fully saturated rings. The number of fused-ring (bicyclic) bond motifs is 8. The number of carbonyl (C=O) groups excluding carboxylic acids is 2. The number of H-pyrrole nitrogens is 1. The van der Waals surface area contributed by atoms with Gasteiger partial charge in [0.15, 0.2) is 0 Å². The van der Waals surface area contributed by atoms with E-state index in [1.165, 1.54) is 42.2 Å². The summed E-state index contributed by atoms with van der Waals surface area (Å²) in [5.41, 5.74) is 5.34. The van der Waals surface area contributed by atoms with Gasteiger partial charge in [0, 0.05) is 39.2 Å². The number of halogens is 1. The van der Waals surface area contributed by atoms with Crippen molar-refractivity contribution in [1.29, 1.82) is 0 Å². The van der Waals surface area contributed by atoms with Crippen LogP contribution >= 0.6 is 22.6 Å². The smallest absolute Gasteiger partial charge is 0.251 e. The summed E-state index contributed by atoms with van der Waals surface area (Å²) in [6, 6.07) is 16.1. The van der Waals surface area contributed by atoms with E-state index in [2.05, 4.69) is 97.6 Å². The molecule has 0 spiro atoms. The zero-order valence-electron chi connectivity index (χ0n) is 33.9. The third-order valence-electron chi connectivity index (χ3n) is 17.0. The standard InChI is InChI=1S/C48H64IN3O3/c1-30(2)34-16-23-47(24-25-48(49)36(41(34)47)14-15-39-45(5)21-18-40(53)44(3,4)38(45)17-22-46(39,48)6)43(55)51-26-19-31-10-9-11-32(28-31)42(54)50-27-20-33-29-52-37-13-8-7-12-35(33)37/h7-13,28-29,34,36,38-41,52-53H,1,14-27H2,2-6H3,(H,50,54)(H,51,55). The molecular formula is C48H64IN3O3. The van der Waals surface area contributed by atoms with Gasteiger partial charge >= 0.3 is 0 Å². The van der Waals surface area contributed by atoms with E-state index in [-0.39, 0.29) is 43.0 Å². The number of rotatable bonds is 9. The largest absolute Gasteiger partial charge is 0.393 e. The number of hydrogen-bond donors (Lipinski definition) is 4. The highest BCUT2D eigenvalue weighted by atomic mass is 127. The number of aromatic nitrogens is 1. The molecule has 0 aliphatic heterocycles. The molecule has 1 aromatic heterocycles. The van der Waals surface area contributed by atoms with Crippen molar-refractivity contribution in [2.24, 2.45) is 51.2 Å². The minimum Gasteiger partial charge on any atom is -0.393 e. The molecule has 1 heterocycles. The normalized spacial score (nSPS) is 37.6. The molecule has 5 saturated carbocycles. The van der Waals surface area contributed by atoms with E-state index in [0.717, 1.165) is 56.0 Å². The molecular weight excluding hydrogens is 793 g/mol. The zero-order chi connectivity index (χ0) is 39.0. The molecule has 10 unspecified atom stereocenters. The van der Waals surface area contributed by atoms with Crippen LogP contribution in [0.15, 0.2) is 66.9 Å². The predicted molar refractivity (Wildman–Crippen MR) is 231 cm³/mol. The molecule has 4 N–H and O–H groups in total. The molecule has 296 valence electrons. The van der Waals surface area contributed by atoms with Crippen LogP contribution in [0.4, 0.5) is 0 Å². The number of amides is 2. The Balaban J connectivity index is 0.940. The van der Waals surface area contributed by atoms with Gasteiger partial charge in [-0.15, -0.1) is 0 Å². The summed E-state index contributed by atoms with van der Waals surface area (Å²) in [5, 5.41) is 18.9. The number of para-hydroxylation sites is 1. The Kier molecular flexibility index (Phi) is 10.2. The van der Waals surface area contributed by atoms with Crippen molar-refractivity contribution >= 4 is 45.3 Å². The van der Waals surface area contributed by atoms with Crippen LogP contribution in [0.2, 0.25) is 0 Å². The van der Waals surface area contributed by atoms with Crippen LogP contribution in [0.3, 0.4) is 0 Å². The Labute approximate surface area is 343 Å². The van der Waals surface area contributed by atoms with Crippen molar-refractivity contribution in [3.63, 3.8) is 0 Å². The minimum atomic E-state index is -0.350. The van der Waals surface area contributed by atoms with Gasteiger partial charge in [-0.25, -0.2) is 0 Å². The number of nitrogens with one attached hydrogen (secondary N) is 3. The maximum atomic E-state index is 14.7. The third kappa shape index (κ3) is 6.17. The lowest BCUT2D eigenvalue weighted by molar-refractivity contribution is -0.204. The van der Waals surface area contributed by atoms with Crippen LogP contribution in [0.25, 0.3) is 10.9 Å². The molecule has 0 bridgehead atoms.